The van der Waals surface area contributed by atoms with E-state index in [1.54, 1.807) is 6.20 Å². The number of halogens is 1. The molecule has 0 spiro atoms. The van der Waals surface area contributed by atoms with Gasteiger partial charge in [-0.25, -0.2) is 9.18 Å². The van der Waals surface area contributed by atoms with Gasteiger partial charge in [-0.3, -0.25) is 19.6 Å². The molecule has 1 aliphatic rings. The van der Waals surface area contributed by atoms with Crippen molar-refractivity contribution in [1.82, 2.24) is 25.7 Å². The molecule has 0 aliphatic carbocycles. The Morgan fingerprint density at radius 1 is 1.10 bits per heavy atom. The summed E-state index contributed by atoms with van der Waals surface area (Å²) in [6, 6.07) is 14.0. The van der Waals surface area contributed by atoms with E-state index in [2.05, 4.69) is 20.8 Å². The van der Waals surface area contributed by atoms with E-state index in [4.69, 9.17) is 0 Å². The van der Waals surface area contributed by atoms with Gasteiger partial charge in [0.1, 0.15) is 17.9 Å². The molecule has 8 nitrogen and oxygen atoms in total. The molecule has 1 atom stereocenters. The van der Waals surface area contributed by atoms with E-state index in [1.165, 1.54) is 31.2 Å². The van der Waals surface area contributed by atoms with Crippen molar-refractivity contribution in [2.24, 2.45) is 0 Å². The Kier molecular flexibility index (Phi) is 5.24. The lowest BCUT2D eigenvalue weighted by Crippen LogP contribution is -2.43. The van der Waals surface area contributed by atoms with Gasteiger partial charge in [-0.2, -0.15) is 5.10 Å². The maximum absolute atomic E-state index is 13.2. The highest BCUT2D eigenvalue weighted by Gasteiger charge is 2.49. The van der Waals surface area contributed by atoms with E-state index in [9.17, 15) is 18.8 Å². The number of benzene rings is 2. The number of hydrogen-bond donors (Lipinski definition) is 3. The first kappa shape index (κ1) is 20.3. The molecule has 1 fully saturated rings. The predicted octanol–water partition coefficient (Wildman–Crippen LogP) is 2.30. The molecule has 0 radical (unpaired) electrons. The number of carbonyl (C=O) groups excluding carboxylic acids is 3. The van der Waals surface area contributed by atoms with Crippen molar-refractivity contribution in [3.05, 3.63) is 77.7 Å². The molecule has 1 saturated heterocycles. The molecular formula is C22H20FN5O3. The molecule has 31 heavy (non-hydrogen) atoms. The molecule has 2 heterocycles. The number of carbonyl (C=O) groups is 3. The maximum Gasteiger partial charge on any atom is 0.325 e. The van der Waals surface area contributed by atoms with Crippen LogP contribution < -0.4 is 10.6 Å². The second-order valence-electron chi connectivity index (χ2n) is 7.40. The van der Waals surface area contributed by atoms with Crippen LogP contribution in [0.4, 0.5) is 9.18 Å². The summed E-state index contributed by atoms with van der Waals surface area (Å²) in [5, 5.41) is 12.1. The number of H-pyrrole nitrogens is 1. The van der Waals surface area contributed by atoms with Crippen molar-refractivity contribution in [3.63, 3.8) is 0 Å². The Balaban J connectivity index is 1.36. The number of rotatable bonds is 6. The molecular weight excluding hydrogens is 401 g/mol. The van der Waals surface area contributed by atoms with Gasteiger partial charge in [-0.15, -0.1) is 0 Å². The minimum Gasteiger partial charge on any atom is -0.350 e. The fourth-order valence-electron chi connectivity index (χ4n) is 3.44. The number of amides is 4. The zero-order valence-electron chi connectivity index (χ0n) is 16.7. The molecule has 4 amide bonds. The lowest BCUT2D eigenvalue weighted by Gasteiger charge is -2.22. The minimum atomic E-state index is -1.35. The number of nitrogens with zero attached hydrogens (tertiary/aromatic N) is 2. The molecule has 3 aromatic rings. The van der Waals surface area contributed by atoms with Crippen LogP contribution in [0.25, 0.3) is 11.3 Å². The summed E-state index contributed by atoms with van der Waals surface area (Å²) in [6.07, 6.45) is 1.67. The first-order chi connectivity index (χ1) is 14.9. The van der Waals surface area contributed by atoms with Crippen LogP contribution in [0.3, 0.4) is 0 Å². The molecule has 1 unspecified atom stereocenters. The number of aromatic nitrogens is 2. The average molecular weight is 421 g/mol. The monoisotopic (exact) mass is 421 g/mol. The van der Waals surface area contributed by atoms with Crippen LogP contribution >= 0.6 is 0 Å². The van der Waals surface area contributed by atoms with E-state index in [0.29, 0.717) is 5.56 Å². The Morgan fingerprint density at radius 2 is 1.81 bits per heavy atom. The van der Waals surface area contributed by atoms with Gasteiger partial charge in [0.2, 0.25) is 5.91 Å². The quantitative estimate of drug-likeness (QED) is 0.531. The van der Waals surface area contributed by atoms with Gasteiger partial charge >= 0.3 is 6.03 Å². The Bertz CT molecular complexity index is 1110. The zero-order valence-corrected chi connectivity index (χ0v) is 16.7. The number of nitrogens with one attached hydrogen (secondary N) is 3. The van der Waals surface area contributed by atoms with Crippen molar-refractivity contribution in [1.29, 1.82) is 0 Å². The maximum atomic E-state index is 13.2. The molecule has 0 bridgehead atoms. The summed E-state index contributed by atoms with van der Waals surface area (Å²) in [4.78, 5) is 38.4. The van der Waals surface area contributed by atoms with E-state index in [1.807, 2.05) is 30.3 Å². The van der Waals surface area contributed by atoms with E-state index in [-0.39, 0.29) is 6.54 Å². The summed E-state index contributed by atoms with van der Waals surface area (Å²) in [5.74, 6) is -1.48. The van der Waals surface area contributed by atoms with Crippen molar-refractivity contribution in [3.8, 4) is 11.3 Å². The first-order valence-electron chi connectivity index (χ1n) is 9.62. The van der Waals surface area contributed by atoms with Crippen molar-refractivity contribution in [2.75, 3.05) is 6.54 Å². The van der Waals surface area contributed by atoms with Gasteiger partial charge in [0.15, 0.2) is 0 Å². The Labute approximate surface area is 177 Å². The minimum absolute atomic E-state index is 0.251. The topological polar surface area (TPSA) is 107 Å². The van der Waals surface area contributed by atoms with Crippen LogP contribution in [0.5, 0.6) is 0 Å². The van der Waals surface area contributed by atoms with Gasteiger partial charge < -0.3 is 10.6 Å². The van der Waals surface area contributed by atoms with Crippen LogP contribution in [0.2, 0.25) is 0 Å². The number of urea groups is 1. The zero-order chi connectivity index (χ0) is 22.0. The molecule has 2 aromatic carbocycles. The lowest BCUT2D eigenvalue weighted by molar-refractivity contribution is -0.134. The van der Waals surface area contributed by atoms with Gasteiger partial charge in [0.25, 0.3) is 5.91 Å². The summed E-state index contributed by atoms with van der Waals surface area (Å²) in [5.41, 5.74) is 1.80. The normalized spacial score (nSPS) is 18.2. The highest BCUT2D eigenvalue weighted by atomic mass is 19.1. The highest BCUT2D eigenvalue weighted by molar-refractivity contribution is 6.09. The number of hydrogen-bond acceptors (Lipinski definition) is 4. The van der Waals surface area contributed by atoms with Gasteiger partial charge in [-0.05, 0) is 41.8 Å². The van der Waals surface area contributed by atoms with Crippen LogP contribution in [-0.4, -0.2) is 39.5 Å². The number of imide groups is 1. The van der Waals surface area contributed by atoms with Crippen molar-refractivity contribution < 1.29 is 18.8 Å². The van der Waals surface area contributed by atoms with E-state index < -0.39 is 35.7 Å². The van der Waals surface area contributed by atoms with E-state index >= 15 is 0 Å². The number of aromatic amines is 1. The highest BCUT2D eigenvalue weighted by Crippen LogP contribution is 2.28. The molecule has 158 valence electrons. The predicted molar refractivity (Wildman–Crippen MR) is 110 cm³/mol. The summed E-state index contributed by atoms with van der Waals surface area (Å²) in [6.45, 7) is 1.37. The van der Waals surface area contributed by atoms with Gasteiger partial charge in [0, 0.05) is 12.7 Å². The second kappa shape index (κ2) is 8.02. The Morgan fingerprint density at radius 3 is 2.45 bits per heavy atom. The third-order valence-electron chi connectivity index (χ3n) is 5.25. The standard InChI is InChI=1S/C22H20FN5O3/c1-22(16-6-8-17(23)9-7-16)20(30)28(21(31)26-22)13-19(29)24-12-14-2-4-15(5-3-14)18-10-11-25-27-18/h2-11H,12-13H2,1H3,(H,24,29)(H,25,27)(H,26,31). The fraction of sp³-hybridized carbons (Fsp3) is 0.182. The van der Waals surface area contributed by atoms with E-state index in [0.717, 1.165) is 21.7 Å². The van der Waals surface area contributed by atoms with Crippen molar-refractivity contribution >= 4 is 17.8 Å². The third-order valence-corrected chi connectivity index (χ3v) is 5.25. The van der Waals surface area contributed by atoms with Crippen molar-refractivity contribution in [2.45, 2.75) is 19.0 Å². The Hall–Kier alpha value is -4.01. The summed E-state index contributed by atoms with van der Waals surface area (Å²) < 4.78 is 13.2. The smallest absolute Gasteiger partial charge is 0.325 e. The second-order valence-corrected chi connectivity index (χ2v) is 7.40. The first-order valence-corrected chi connectivity index (χ1v) is 9.62. The summed E-state index contributed by atoms with van der Waals surface area (Å²) >= 11 is 0. The fourth-order valence-corrected chi connectivity index (χ4v) is 3.44. The SMILES string of the molecule is CC1(c2ccc(F)cc2)NC(=O)N(CC(=O)NCc2ccc(-c3ccn[nH]3)cc2)C1=O. The molecule has 0 saturated carbocycles. The van der Waals surface area contributed by atoms with Crippen LogP contribution in [0, 0.1) is 5.82 Å². The average Bonchev–Trinajstić information content (AvgIpc) is 3.37. The molecule has 3 N–H and O–H groups in total. The third kappa shape index (κ3) is 4.02. The lowest BCUT2D eigenvalue weighted by atomic mass is 9.92. The van der Waals surface area contributed by atoms with Gasteiger partial charge in [0.05, 0.1) is 5.69 Å². The molecule has 9 heteroatoms. The van der Waals surface area contributed by atoms with Crippen LogP contribution in [0.15, 0.2) is 60.8 Å². The van der Waals surface area contributed by atoms with Crippen LogP contribution in [-0.2, 0) is 21.7 Å². The largest absolute Gasteiger partial charge is 0.350 e. The molecule has 1 aliphatic heterocycles. The molecule has 1 aromatic heterocycles. The molecule has 4 rings (SSSR count). The summed E-state index contributed by atoms with van der Waals surface area (Å²) in [7, 11) is 0. The van der Waals surface area contributed by atoms with Crippen LogP contribution in [0.1, 0.15) is 18.1 Å². The van der Waals surface area contributed by atoms with Gasteiger partial charge in [-0.1, -0.05) is 36.4 Å².